The van der Waals surface area contributed by atoms with Gasteiger partial charge in [0.2, 0.25) is 5.91 Å². The van der Waals surface area contributed by atoms with E-state index in [1.54, 1.807) is 24.3 Å². The van der Waals surface area contributed by atoms with E-state index < -0.39 is 40.1 Å². The zero-order chi connectivity index (χ0) is 30.4. The third-order valence-electron chi connectivity index (χ3n) is 5.37. The van der Waals surface area contributed by atoms with Gasteiger partial charge in [0.25, 0.3) is 16.3 Å². The van der Waals surface area contributed by atoms with Gasteiger partial charge in [-0.1, -0.05) is 29.8 Å². The van der Waals surface area contributed by atoms with Crippen molar-refractivity contribution in [1.29, 1.82) is 0 Å². The van der Waals surface area contributed by atoms with Crippen molar-refractivity contribution in [3.63, 3.8) is 0 Å². The number of hydrogen-bond donors (Lipinski definition) is 1. The average molecular weight is 597 g/mol. The minimum absolute atomic E-state index is 0.0300. The summed E-state index contributed by atoms with van der Waals surface area (Å²) in [6.45, 7) is 4.43. The van der Waals surface area contributed by atoms with Crippen LogP contribution in [0.5, 0.6) is 0 Å². The first-order valence-electron chi connectivity index (χ1n) is 12.0. The maximum atomic E-state index is 13.4. The first kappa shape index (κ1) is 31.1. The topological polar surface area (TPSA) is 145 Å². The van der Waals surface area contributed by atoms with E-state index in [4.69, 9.17) is 4.84 Å². The lowest BCUT2D eigenvalue weighted by Gasteiger charge is -2.13. The molecule has 0 aliphatic rings. The van der Waals surface area contributed by atoms with Crippen LogP contribution in [0, 0.1) is 6.92 Å². The Morgan fingerprint density at radius 1 is 1.12 bits per heavy atom. The Hall–Kier alpha value is -4.47. The average Bonchev–Trinajstić information content (AvgIpc) is 3.34. The van der Waals surface area contributed by atoms with Crippen LogP contribution in [-0.4, -0.2) is 55.0 Å². The summed E-state index contributed by atoms with van der Waals surface area (Å²) in [4.78, 5) is 27.6. The van der Waals surface area contributed by atoms with Crippen LogP contribution in [0.25, 0.3) is 16.9 Å². The monoisotopic (exact) mass is 596 g/mol. The molecule has 0 fully saturated rings. The van der Waals surface area contributed by atoms with E-state index in [0.717, 1.165) is 28.4 Å². The maximum Gasteiger partial charge on any atom is 0.435 e. The first-order valence-corrected chi connectivity index (χ1v) is 13.5. The number of nitrogens with one attached hydrogen (secondary N) is 1. The van der Waals surface area contributed by atoms with Gasteiger partial charge in [-0.05, 0) is 42.5 Å². The van der Waals surface area contributed by atoms with Crippen LogP contribution in [0.3, 0.4) is 0 Å². The molecule has 12 nitrogen and oxygen atoms in total. The van der Waals surface area contributed by atoms with Gasteiger partial charge in [-0.15, -0.1) is 0 Å². The zero-order valence-corrected chi connectivity index (χ0v) is 23.2. The Bertz CT molecular complexity index is 1510. The number of alkyl halides is 3. The van der Waals surface area contributed by atoms with Crippen molar-refractivity contribution >= 4 is 21.9 Å². The molecule has 0 bridgehead atoms. The van der Waals surface area contributed by atoms with Gasteiger partial charge >= 0.3 is 12.1 Å². The van der Waals surface area contributed by atoms with Crippen molar-refractivity contribution in [2.75, 3.05) is 13.6 Å². The summed E-state index contributed by atoms with van der Waals surface area (Å²) in [5.74, 6) is -1.41. The molecule has 1 N–H and O–H groups in total. The number of hydrogen-bond acceptors (Lipinski definition) is 9. The molecule has 41 heavy (non-hydrogen) atoms. The minimum atomic E-state index is -4.69. The van der Waals surface area contributed by atoms with Crippen LogP contribution in [0.4, 0.5) is 13.2 Å². The van der Waals surface area contributed by atoms with E-state index in [-0.39, 0.29) is 29.2 Å². The van der Waals surface area contributed by atoms with Crippen LogP contribution in [0.15, 0.2) is 70.0 Å². The predicted octanol–water partition coefficient (Wildman–Crippen LogP) is 4.20. The highest BCUT2D eigenvalue weighted by Gasteiger charge is 2.35. The normalized spacial score (nSPS) is 12.7. The van der Waals surface area contributed by atoms with Gasteiger partial charge in [0.05, 0.1) is 16.3 Å². The Morgan fingerprint density at radius 3 is 2.34 bits per heavy atom. The Kier molecular flexibility index (Phi) is 9.70. The number of sulfonamides is 1. The summed E-state index contributed by atoms with van der Waals surface area (Å²) in [5, 5.41) is 11.9. The number of halogens is 3. The molecule has 1 unspecified atom stereocenters. The van der Waals surface area contributed by atoms with Gasteiger partial charge in [0.1, 0.15) is 0 Å². The number of esters is 1. The number of benzene rings is 2. The number of rotatable bonds is 11. The van der Waals surface area contributed by atoms with E-state index in [2.05, 4.69) is 20.3 Å². The number of amides is 1. The van der Waals surface area contributed by atoms with Crippen LogP contribution in [-0.2, 0) is 35.4 Å². The van der Waals surface area contributed by atoms with Crippen molar-refractivity contribution in [1.82, 2.24) is 19.5 Å². The fraction of sp³-hybridized carbons (Fsp3) is 0.320. The van der Waals surface area contributed by atoms with Crippen molar-refractivity contribution in [2.45, 2.75) is 44.6 Å². The SMILES string of the molecule is CC(=O)OC(C)O/N=N\N(C)CCC(=O)NS(=O)(=O)c1ccc(-n2nc(C(F)(F)F)cc2-c2ccc(C)cc2)cc1. The summed E-state index contributed by atoms with van der Waals surface area (Å²) in [6.07, 6.45) is -5.94. The number of ether oxygens (including phenoxy) is 1. The molecule has 0 saturated carbocycles. The van der Waals surface area contributed by atoms with Gasteiger partial charge in [0.15, 0.2) is 5.69 Å². The lowest BCUT2D eigenvalue weighted by molar-refractivity contribution is -0.175. The minimum Gasteiger partial charge on any atom is -0.423 e. The molecule has 0 aliphatic carbocycles. The highest BCUT2D eigenvalue weighted by Crippen LogP contribution is 2.33. The van der Waals surface area contributed by atoms with Gasteiger partial charge in [0, 0.05) is 44.7 Å². The van der Waals surface area contributed by atoms with Crippen LogP contribution in [0.1, 0.15) is 31.5 Å². The molecular formula is C25H27F3N6O6S. The van der Waals surface area contributed by atoms with Crippen molar-refractivity contribution in [3.8, 4) is 16.9 Å². The number of carbonyl (C=O) groups is 2. The second-order valence-electron chi connectivity index (χ2n) is 8.80. The molecule has 3 rings (SSSR count). The lowest BCUT2D eigenvalue weighted by Crippen LogP contribution is -2.32. The van der Waals surface area contributed by atoms with Crippen LogP contribution < -0.4 is 4.72 Å². The standard InChI is InChI=1S/C25H27F3N6O6S/c1-16-5-7-19(8-6-16)22-15-23(25(26,27)28)29-34(22)20-9-11-21(12-10-20)41(37,38)30-24(36)13-14-33(4)31-32-40-18(3)39-17(2)35/h5-12,15,18H,13-14H2,1-4H3,(H,30,36)/b32-31-. The van der Waals surface area contributed by atoms with Gasteiger partial charge < -0.3 is 9.57 Å². The second kappa shape index (κ2) is 12.8. The Morgan fingerprint density at radius 2 is 1.76 bits per heavy atom. The van der Waals surface area contributed by atoms with E-state index in [9.17, 15) is 31.2 Å². The molecule has 1 aromatic heterocycles. The van der Waals surface area contributed by atoms with Gasteiger partial charge in [-0.3, -0.25) is 14.6 Å². The summed E-state index contributed by atoms with van der Waals surface area (Å²) in [6, 6.07) is 12.6. The van der Waals surface area contributed by atoms with Crippen LogP contribution >= 0.6 is 0 Å². The highest BCUT2D eigenvalue weighted by atomic mass is 32.2. The number of carbonyl (C=O) groups excluding carboxylic acids is 2. The molecule has 16 heteroatoms. The predicted molar refractivity (Wildman–Crippen MR) is 138 cm³/mol. The van der Waals surface area contributed by atoms with Crippen molar-refractivity contribution < 1.29 is 40.8 Å². The highest BCUT2D eigenvalue weighted by molar-refractivity contribution is 7.90. The molecule has 1 atom stereocenters. The number of nitrogens with zero attached hydrogens (tertiary/aromatic N) is 5. The second-order valence-corrected chi connectivity index (χ2v) is 10.5. The Labute approximate surface area is 233 Å². The molecule has 2 aromatic carbocycles. The maximum absolute atomic E-state index is 13.4. The van der Waals surface area contributed by atoms with Crippen LogP contribution in [0.2, 0.25) is 0 Å². The molecule has 0 aliphatic heterocycles. The molecule has 1 amide bonds. The molecule has 3 aromatic rings. The third kappa shape index (κ3) is 8.76. The first-order chi connectivity index (χ1) is 19.2. The molecule has 1 heterocycles. The summed E-state index contributed by atoms with van der Waals surface area (Å²) < 4.78 is 73.4. The van der Waals surface area contributed by atoms with E-state index in [1.807, 2.05) is 11.6 Å². The van der Waals surface area contributed by atoms with Crippen molar-refractivity contribution in [3.05, 3.63) is 65.9 Å². The van der Waals surface area contributed by atoms with E-state index >= 15 is 0 Å². The molecule has 0 radical (unpaired) electrons. The van der Waals surface area contributed by atoms with Gasteiger partial charge in [-0.25, -0.2) is 17.8 Å². The van der Waals surface area contributed by atoms with E-state index in [1.165, 1.54) is 38.0 Å². The van der Waals surface area contributed by atoms with E-state index in [0.29, 0.717) is 5.56 Å². The fourth-order valence-corrected chi connectivity index (χ4v) is 4.40. The molecule has 0 spiro atoms. The Balaban J connectivity index is 1.68. The molecule has 0 saturated heterocycles. The smallest absolute Gasteiger partial charge is 0.423 e. The largest absolute Gasteiger partial charge is 0.435 e. The fourth-order valence-electron chi connectivity index (χ4n) is 3.39. The lowest BCUT2D eigenvalue weighted by atomic mass is 10.1. The summed E-state index contributed by atoms with van der Waals surface area (Å²) in [7, 11) is -2.83. The van der Waals surface area contributed by atoms with Crippen molar-refractivity contribution in [2.24, 2.45) is 10.5 Å². The number of aromatic nitrogens is 2. The summed E-state index contributed by atoms with van der Waals surface area (Å²) >= 11 is 0. The third-order valence-corrected chi connectivity index (χ3v) is 6.76. The summed E-state index contributed by atoms with van der Waals surface area (Å²) in [5.41, 5.74) is 0.639. The molecular weight excluding hydrogens is 569 g/mol. The zero-order valence-electron chi connectivity index (χ0n) is 22.4. The van der Waals surface area contributed by atoms with Gasteiger partial charge in [-0.2, -0.15) is 18.3 Å². The molecule has 220 valence electrons. The number of aryl methyl sites for hydroxylation is 1. The quantitative estimate of drug-likeness (QED) is 0.150.